The maximum atomic E-state index is 13.5. The zero-order valence-corrected chi connectivity index (χ0v) is 18.9. The van der Waals surface area contributed by atoms with Crippen LogP contribution in [0.4, 0.5) is 0 Å². The quantitative estimate of drug-likeness (QED) is 0.575. The Morgan fingerprint density at radius 2 is 1.48 bits per heavy atom. The van der Waals surface area contributed by atoms with Crippen LogP contribution in [0.15, 0.2) is 47.4 Å². The van der Waals surface area contributed by atoms with Gasteiger partial charge in [0.1, 0.15) is 0 Å². The van der Waals surface area contributed by atoms with Gasteiger partial charge in [-0.1, -0.05) is 38.1 Å². The lowest BCUT2D eigenvalue weighted by Crippen LogP contribution is -2.33. The summed E-state index contributed by atoms with van der Waals surface area (Å²) in [7, 11) is -1.59. The predicted octanol–water partition coefficient (Wildman–Crippen LogP) is 3.74. The average Bonchev–Trinajstić information content (AvgIpc) is 3.61. The van der Waals surface area contributed by atoms with Crippen LogP contribution in [-0.4, -0.2) is 44.9 Å². The molecule has 0 bridgehead atoms. The first-order chi connectivity index (χ1) is 14.7. The monoisotopic (exact) mass is 445 g/mol. The molecule has 1 aliphatic rings. The van der Waals surface area contributed by atoms with Gasteiger partial charge in [-0.05, 0) is 48.1 Å². The maximum Gasteiger partial charge on any atom is 0.337 e. The lowest BCUT2D eigenvalue weighted by atomic mass is 10.0. The molecule has 0 amide bonds. The van der Waals surface area contributed by atoms with Crippen LogP contribution in [-0.2, 0) is 26.0 Å². The number of sulfonamides is 1. The Bertz CT molecular complexity index is 1040. The van der Waals surface area contributed by atoms with E-state index in [1.165, 1.54) is 42.3 Å². The van der Waals surface area contributed by atoms with Crippen molar-refractivity contribution in [2.24, 2.45) is 0 Å². The second kappa shape index (κ2) is 9.20. The number of hydrogen-bond acceptors (Lipinski definition) is 6. The number of hydrogen-bond donors (Lipinski definition) is 0. The third-order valence-corrected chi connectivity index (χ3v) is 7.17. The average molecular weight is 446 g/mol. The highest BCUT2D eigenvalue weighted by atomic mass is 32.2. The molecule has 3 rings (SSSR count). The minimum atomic E-state index is -3.97. The first-order valence-electron chi connectivity index (χ1n) is 10.1. The maximum absolute atomic E-state index is 13.5. The molecule has 0 unspecified atom stereocenters. The Kier molecular flexibility index (Phi) is 6.81. The molecule has 0 atom stereocenters. The lowest BCUT2D eigenvalue weighted by molar-refractivity contribution is 0.0598. The van der Waals surface area contributed by atoms with Crippen molar-refractivity contribution in [1.29, 1.82) is 0 Å². The highest BCUT2D eigenvalue weighted by molar-refractivity contribution is 7.89. The first kappa shape index (κ1) is 23.0. The summed E-state index contributed by atoms with van der Waals surface area (Å²) in [4.78, 5) is 24.0. The van der Waals surface area contributed by atoms with Gasteiger partial charge < -0.3 is 9.47 Å². The van der Waals surface area contributed by atoms with Crippen molar-refractivity contribution in [1.82, 2.24) is 4.31 Å². The normalized spacial score (nSPS) is 14.0. The zero-order chi connectivity index (χ0) is 22.8. The molecule has 8 heteroatoms. The van der Waals surface area contributed by atoms with Crippen LogP contribution in [0.5, 0.6) is 0 Å². The van der Waals surface area contributed by atoms with Gasteiger partial charge in [0, 0.05) is 12.6 Å². The number of carbonyl (C=O) groups is 2. The van der Waals surface area contributed by atoms with Gasteiger partial charge in [0.25, 0.3) is 0 Å². The van der Waals surface area contributed by atoms with Crippen LogP contribution in [0, 0.1) is 0 Å². The van der Waals surface area contributed by atoms with E-state index in [1.807, 2.05) is 24.3 Å². The fourth-order valence-electron chi connectivity index (χ4n) is 3.32. The number of methoxy groups -OCH3 is 2. The molecule has 2 aromatic carbocycles. The Morgan fingerprint density at radius 3 is 1.90 bits per heavy atom. The second-order valence-electron chi connectivity index (χ2n) is 7.91. The molecule has 1 aliphatic carbocycles. The van der Waals surface area contributed by atoms with Crippen LogP contribution < -0.4 is 0 Å². The van der Waals surface area contributed by atoms with Crippen molar-refractivity contribution in [3.8, 4) is 0 Å². The minimum absolute atomic E-state index is 0.0268. The topological polar surface area (TPSA) is 90.0 Å². The van der Waals surface area contributed by atoms with Crippen molar-refractivity contribution < 1.29 is 27.5 Å². The molecular weight excluding hydrogens is 418 g/mol. The third kappa shape index (κ3) is 5.14. The van der Waals surface area contributed by atoms with E-state index >= 15 is 0 Å². The fraction of sp³-hybridized carbons (Fsp3) is 0.391. The van der Waals surface area contributed by atoms with E-state index in [2.05, 4.69) is 13.8 Å². The van der Waals surface area contributed by atoms with E-state index in [-0.39, 0.29) is 28.6 Å². The SMILES string of the molecule is COC(=O)c1cc(C(=O)OC)cc(S(=O)(=O)N(Cc2ccc(C(C)C)cc2)C2CC2)c1. The van der Waals surface area contributed by atoms with Crippen molar-refractivity contribution in [2.45, 2.75) is 50.1 Å². The van der Waals surface area contributed by atoms with E-state index in [0.29, 0.717) is 5.92 Å². The molecule has 2 aromatic rings. The van der Waals surface area contributed by atoms with Gasteiger partial charge in [0.05, 0.1) is 30.2 Å². The number of ether oxygens (including phenoxy) is 2. The Labute approximate surface area is 183 Å². The Balaban J connectivity index is 2.00. The van der Waals surface area contributed by atoms with E-state index < -0.39 is 22.0 Å². The van der Waals surface area contributed by atoms with E-state index in [9.17, 15) is 18.0 Å². The molecule has 7 nitrogen and oxygen atoms in total. The summed E-state index contributed by atoms with van der Waals surface area (Å²) in [6.45, 7) is 4.41. The highest BCUT2D eigenvalue weighted by Crippen LogP contribution is 2.34. The molecule has 1 fully saturated rings. The molecule has 31 heavy (non-hydrogen) atoms. The van der Waals surface area contributed by atoms with Gasteiger partial charge in [0.15, 0.2) is 0 Å². The lowest BCUT2D eigenvalue weighted by Gasteiger charge is -2.23. The smallest absolute Gasteiger partial charge is 0.337 e. The van der Waals surface area contributed by atoms with Crippen LogP contribution in [0.25, 0.3) is 0 Å². The molecule has 0 saturated heterocycles. The van der Waals surface area contributed by atoms with Gasteiger partial charge in [-0.25, -0.2) is 18.0 Å². The van der Waals surface area contributed by atoms with Crippen molar-refractivity contribution in [3.05, 3.63) is 64.7 Å². The molecule has 0 radical (unpaired) electrons. The van der Waals surface area contributed by atoms with E-state index in [4.69, 9.17) is 9.47 Å². The molecule has 0 spiro atoms. The van der Waals surface area contributed by atoms with Crippen molar-refractivity contribution in [2.75, 3.05) is 14.2 Å². The summed E-state index contributed by atoms with van der Waals surface area (Å²) in [5.74, 6) is -1.08. The van der Waals surface area contributed by atoms with Gasteiger partial charge in [-0.3, -0.25) is 0 Å². The first-order valence-corrected chi connectivity index (χ1v) is 11.5. The third-order valence-electron chi connectivity index (χ3n) is 5.29. The molecule has 1 saturated carbocycles. The van der Waals surface area contributed by atoms with Crippen molar-refractivity contribution >= 4 is 22.0 Å². The zero-order valence-electron chi connectivity index (χ0n) is 18.1. The number of esters is 2. The predicted molar refractivity (Wildman–Crippen MR) is 115 cm³/mol. The standard InChI is InChI=1S/C23H27NO6S/c1-15(2)17-7-5-16(6-8-17)14-24(20-9-10-20)31(27,28)21-12-18(22(25)29-3)11-19(13-21)23(26)30-4/h5-8,11-13,15,20H,9-10,14H2,1-4H3. The summed E-state index contributed by atoms with van der Waals surface area (Å²) in [5.41, 5.74) is 2.00. The van der Waals surface area contributed by atoms with Gasteiger partial charge >= 0.3 is 11.9 Å². The summed E-state index contributed by atoms with van der Waals surface area (Å²) in [5, 5.41) is 0. The van der Waals surface area contributed by atoms with Gasteiger partial charge in [-0.2, -0.15) is 4.31 Å². The van der Waals surface area contributed by atoms with Crippen molar-refractivity contribution in [3.63, 3.8) is 0 Å². The summed E-state index contributed by atoms with van der Waals surface area (Å²) in [6.07, 6.45) is 1.54. The summed E-state index contributed by atoms with van der Waals surface area (Å²) >= 11 is 0. The Morgan fingerprint density at radius 1 is 0.968 bits per heavy atom. The molecule has 0 aliphatic heterocycles. The number of benzene rings is 2. The summed E-state index contributed by atoms with van der Waals surface area (Å²) < 4.78 is 38.0. The number of rotatable bonds is 8. The highest BCUT2D eigenvalue weighted by Gasteiger charge is 2.38. The summed E-state index contributed by atoms with van der Waals surface area (Å²) in [6, 6.07) is 11.5. The Hall–Kier alpha value is -2.71. The van der Waals surface area contributed by atoms with E-state index in [0.717, 1.165) is 18.4 Å². The fourth-order valence-corrected chi connectivity index (χ4v) is 5.06. The molecule has 0 aromatic heterocycles. The van der Waals surface area contributed by atoms with E-state index in [1.54, 1.807) is 0 Å². The molecule has 0 heterocycles. The van der Waals surface area contributed by atoms with Gasteiger partial charge in [0.2, 0.25) is 10.0 Å². The molecule has 166 valence electrons. The minimum Gasteiger partial charge on any atom is -0.465 e. The van der Waals surface area contributed by atoms with Crippen LogP contribution in [0.3, 0.4) is 0 Å². The molecule has 0 N–H and O–H groups in total. The van der Waals surface area contributed by atoms with Gasteiger partial charge in [-0.15, -0.1) is 0 Å². The number of nitrogens with zero attached hydrogens (tertiary/aromatic N) is 1. The van der Waals surface area contributed by atoms with Crippen LogP contribution in [0.2, 0.25) is 0 Å². The van der Waals surface area contributed by atoms with Crippen LogP contribution in [0.1, 0.15) is 64.4 Å². The number of carbonyl (C=O) groups excluding carboxylic acids is 2. The second-order valence-corrected chi connectivity index (χ2v) is 9.80. The molecular formula is C23H27NO6S. The van der Waals surface area contributed by atoms with Crippen LogP contribution >= 0.6 is 0 Å². The largest absolute Gasteiger partial charge is 0.465 e.